The number of hydrazine groups is 1. The van der Waals surface area contributed by atoms with Crippen molar-refractivity contribution in [2.75, 3.05) is 0 Å². The molecule has 8 heteroatoms. The number of pyridine rings is 1. The van der Waals surface area contributed by atoms with Gasteiger partial charge in [0.1, 0.15) is 5.15 Å². The van der Waals surface area contributed by atoms with Crippen LogP contribution < -0.4 is 10.9 Å². The average molecular weight is 389 g/mol. The van der Waals surface area contributed by atoms with Crippen molar-refractivity contribution >= 4 is 50.9 Å². The van der Waals surface area contributed by atoms with E-state index in [1.165, 1.54) is 12.3 Å². The van der Waals surface area contributed by atoms with Gasteiger partial charge >= 0.3 is 0 Å². The quantitative estimate of drug-likeness (QED) is 0.612. The fraction of sp³-hybridized carbons (Fsp3) is 0. The number of nitrogens with zero attached hydrogens (tertiary/aromatic N) is 1. The van der Waals surface area contributed by atoms with Gasteiger partial charge in [0.05, 0.1) is 10.6 Å². The van der Waals surface area contributed by atoms with Crippen molar-refractivity contribution < 1.29 is 9.59 Å². The maximum absolute atomic E-state index is 11.8. The van der Waals surface area contributed by atoms with Gasteiger partial charge < -0.3 is 0 Å². The Bertz CT molecular complexity index is 692. The Hall–Kier alpha value is -1.63. The van der Waals surface area contributed by atoms with Gasteiger partial charge in [-0.15, -0.1) is 0 Å². The van der Waals surface area contributed by atoms with Gasteiger partial charge in [0.15, 0.2) is 0 Å². The molecule has 0 aliphatic heterocycles. The van der Waals surface area contributed by atoms with E-state index >= 15 is 0 Å². The van der Waals surface area contributed by atoms with Crippen molar-refractivity contribution in [3.8, 4) is 0 Å². The van der Waals surface area contributed by atoms with Crippen LogP contribution in [0.5, 0.6) is 0 Å². The number of benzene rings is 1. The second-order valence-electron chi connectivity index (χ2n) is 3.91. The topological polar surface area (TPSA) is 71.1 Å². The Morgan fingerprint density at radius 3 is 2.14 bits per heavy atom. The van der Waals surface area contributed by atoms with Crippen molar-refractivity contribution in [3.63, 3.8) is 0 Å². The van der Waals surface area contributed by atoms with E-state index in [0.717, 1.165) is 4.47 Å². The molecule has 0 saturated carbocycles. The van der Waals surface area contributed by atoms with Crippen LogP contribution >= 0.6 is 39.1 Å². The molecule has 21 heavy (non-hydrogen) atoms. The zero-order valence-corrected chi connectivity index (χ0v) is 13.5. The highest BCUT2D eigenvalue weighted by Crippen LogP contribution is 2.19. The third-order valence-electron chi connectivity index (χ3n) is 2.45. The Balaban J connectivity index is 1.98. The number of rotatable bonds is 2. The molecule has 0 saturated heterocycles. The molecule has 1 aromatic carbocycles. The maximum Gasteiger partial charge on any atom is 0.271 e. The molecule has 0 atom stereocenters. The summed E-state index contributed by atoms with van der Waals surface area (Å²) in [7, 11) is 0. The smallest absolute Gasteiger partial charge is 0.267 e. The lowest BCUT2D eigenvalue weighted by Crippen LogP contribution is -2.41. The van der Waals surface area contributed by atoms with E-state index < -0.39 is 11.8 Å². The summed E-state index contributed by atoms with van der Waals surface area (Å²) in [4.78, 5) is 27.4. The summed E-state index contributed by atoms with van der Waals surface area (Å²) < 4.78 is 0.852. The van der Waals surface area contributed by atoms with E-state index in [1.54, 1.807) is 24.3 Å². The van der Waals surface area contributed by atoms with E-state index in [0.29, 0.717) is 5.56 Å². The number of carbonyl (C=O) groups excluding carboxylic acids is 2. The van der Waals surface area contributed by atoms with Crippen LogP contribution in [0.15, 0.2) is 41.0 Å². The minimum absolute atomic E-state index is 0.104. The van der Waals surface area contributed by atoms with Crippen LogP contribution in [0.3, 0.4) is 0 Å². The van der Waals surface area contributed by atoms with Crippen molar-refractivity contribution in [1.82, 2.24) is 15.8 Å². The maximum atomic E-state index is 11.8. The van der Waals surface area contributed by atoms with Crippen molar-refractivity contribution in [2.24, 2.45) is 0 Å². The molecule has 2 rings (SSSR count). The minimum atomic E-state index is -0.550. The van der Waals surface area contributed by atoms with Crippen LogP contribution in [0, 0.1) is 0 Å². The van der Waals surface area contributed by atoms with E-state index in [9.17, 15) is 9.59 Å². The summed E-state index contributed by atoms with van der Waals surface area (Å²) in [5.41, 5.74) is 5.15. The van der Waals surface area contributed by atoms with Crippen LogP contribution in [-0.2, 0) is 0 Å². The predicted molar refractivity (Wildman–Crippen MR) is 83.3 cm³/mol. The third-order valence-corrected chi connectivity index (χ3v) is 3.67. The Kier molecular flexibility index (Phi) is 5.17. The zero-order valence-electron chi connectivity index (χ0n) is 10.4. The highest BCUT2D eigenvalue weighted by atomic mass is 79.9. The van der Waals surface area contributed by atoms with Gasteiger partial charge in [-0.3, -0.25) is 20.4 Å². The van der Waals surface area contributed by atoms with E-state index in [2.05, 4.69) is 31.8 Å². The van der Waals surface area contributed by atoms with Gasteiger partial charge in [-0.25, -0.2) is 4.98 Å². The number of halogens is 3. The standard InChI is InChI=1S/C13H8BrCl2N3O2/c14-9-3-1-7(2-4-9)12(20)18-19-13(21)8-5-10(15)11(16)17-6-8/h1-6H,(H,18,20)(H,19,21). The predicted octanol–water partition coefficient (Wildman–Crippen LogP) is 3.23. The van der Waals surface area contributed by atoms with Gasteiger partial charge in [-0.2, -0.15) is 0 Å². The molecule has 0 aliphatic carbocycles. The van der Waals surface area contributed by atoms with Crippen molar-refractivity contribution in [3.05, 3.63) is 62.3 Å². The zero-order chi connectivity index (χ0) is 15.4. The van der Waals surface area contributed by atoms with Crippen LogP contribution in [0.1, 0.15) is 20.7 Å². The first-order valence-corrected chi connectivity index (χ1v) is 7.19. The van der Waals surface area contributed by atoms with Crippen molar-refractivity contribution in [1.29, 1.82) is 0 Å². The first-order valence-electron chi connectivity index (χ1n) is 5.64. The first kappa shape index (κ1) is 15.8. The highest BCUT2D eigenvalue weighted by Gasteiger charge is 2.11. The Labute approximate surface area is 138 Å². The normalized spacial score (nSPS) is 10.0. The number of hydrogen-bond acceptors (Lipinski definition) is 3. The average Bonchev–Trinajstić information content (AvgIpc) is 2.48. The lowest BCUT2D eigenvalue weighted by atomic mass is 10.2. The Morgan fingerprint density at radius 1 is 1.00 bits per heavy atom. The molecular weight excluding hydrogens is 381 g/mol. The van der Waals surface area contributed by atoms with Gasteiger partial charge in [-0.1, -0.05) is 39.1 Å². The van der Waals surface area contributed by atoms with E-state index in [-0.39, 0.29) is 15.7 Å². The summed E-state index contributed by atoms with van der Waals surface area (Å²) in [6, 6.07) is 8.04. The summed E-state index contributed by atoms with van der Waals surface area (Å²) >= 11 is 14.7. The van der Waals surface area contributed by atoms with Crippen LogP contribution in [0.2, 0.25) is 10.2 Å². The number of amides is 2. The lowest BCUT2D eigenvalue weighted by molar-refractivity contribution is 0.0846. The molecule has 1 heterocycles. The number of aromatic nitrogens is 1. The van der Waals surface area contributed by atoms with Crippen LogP contribution in [0.4, 0.5) is 0 Å². The second-order valence-corrected chi connectivity index (χ2v) is 5.59. The summed E-state index contributed by atoms with van der Waals surface area (Å²) in [6.45, 7) is 0. The third kappa shape index (κ3) is 4.17. The number of carbonyl (C=O) groups is 2. The van der Waals surface area contributed by atoms with Gasteiger partial charge in [0.2, 0.25) is 0 Å². The van der Waals surface area contributed by atoms with Crippen LogP contribution in [-0.4, -0.2) is 16.8 Å². The van der Waals surface area contributed by atoms with Crippen LogP contribution in [0.25, 0.3) is 0 Å². The summed E-state index contributed by atoms with van der Waals surface area (Å²) in [5, 5.41) is 0.260. The molecule has 0 fully saturated rings. The SMILES string of the molecule is O=C(NNC(=O)c1cnc(Cl)c(Cl)c1)c1ccc(Br)cc1. The van der Waals surface area contributed by atoms with Gasteiger partial charge in [0, 0.05) is 16.2 Å². The highest BCUT2D eigenvalue weighted by molar-refractivity contribution is 9.10. The molecule has 0 radical (unpaired) electrons. The fourth-order valence-electron chi connectivity index (χ4n) is 1.40. The van der Waals surface area contributed by atoms with Crippen molar-refractivity contribution in [2.45, 2.75) is 0 Å². The molecule has 2 amide bonds. The molecule has 0 aliphatic rings. The molecule has 1 aromatic heterocycles. The van der Waals surface area contributed by atoms with Gasteiger partial charge in [-0.05, 0) is 30.3 Å². The molecule has 0 spiro atoms. The first-order chi connectivity index (χ1) is 9.97. The lowest BCUT2D eigenvalue weighted by Gasteiger charge is -2.07. The van der Waals surface area contributed by atoms with E-state index in [4.69, 9.17) is 23.2 Å². The largest absolute Gasteiger partial charge is 0.271 e. The molecule has 2 N–H and O–H groups in total. The Morgan fingerprint density at radius 2 is 1.57 bits per heavy atom. The second kappa shape index (κ2) is 6.89. The molecule has 108 valence electrons. The monoisotopic (exact) mass is 387 g/mol. The molecule has 5 nitrogen and oxygen atoms in total. The van der Waals surface area contributed by atoms with Gasteiger partial charge in [0.25, 0.3) is 11.8 Å². The summed E-state index contributed by atoms with van der Waals surface area (Å²) in [6.07, 6.45) is 1.26. The molecule has 2 aromatic rings. The molecule has 0 bridgehead atoms. The molecular formula is C13H8BrCl2N3O2. The summed E-state index contributed by atoms with van der Waals surface area (Å²) in [5.74, 6) is -0.990. The fourth-order valence-corrected chi connectivity index (χ4v) is 1.94. The minimum Gasteiger partial charge on any atom is -0.267 e. The molecule has 0 unspecified atom stereocenters. The number of hydrogen-bond donors (Lipinski definition) is 2. The van der Waals surface area contributed by atoms with E-state index in [1.807, 2.05) is 0 Å². The number of nitrogens with one attached hydrogen (secondary N) is 2.